The van der Waals surface area contributed by atoms with Gasteiger partial charge in [-0.1, -0.05) is 41.1 Å². The van der Waals surface area contributed by atoms with Gasteiger partial charge in [-0.3, -0.25) is 14.6 Å². The molecule has 1 fully saturated rings. The highest BCUT2D eigenvalue weighted by molar-refractivity contribution is 5.99. The van der Waals surface area contributed by atoms with Crippen LogP contribution in [-0.2, 0) is 12.2 Å². The standard InChI is InChI=1S/C26H23N5O3/c1-17-5-7-21(8-6-17)26-16-29-14-20(19-4-3-9-27-13-19)12-23(29)25(33)31(26)11-10-30(26)24(32)22-15-34-28-18(22)2/h3-9,12-15H,10-11,16H2,1-2H3. The zero-order valence-electron chi connectivity index (χ0n) is 18.9. The zero-order chi connectivity index (χ0) is 23.4. The van der Waals surface area contributed by atoms with Gasteiger partial charge in [-0.2, -0.15) is 0 Å². The molecule has 0 aliphatic carbocycles. The van der Waals surface area contributed by atoms with E-state index in [1.807, 2.05) is 65.1 Å². The van der Waals surface area contributed by atoms with Crippen molar-refractivity contribution in [3.63, 3.8) is 0 Å². The van der Waals surface area contributed by atoms with Gasteiger partial charge in [-0.05, 0) is 31.5 Å². The fraction of sp³-hybridized carbons (Fsp3) is 0.231. The number of aryl methyl sites for hydroxylation is 2. The highest BCUT2D eigenvalue weighted by Gasteiger charge is 2.56. The van der Waals surface area contributed by atoms with Gasteiger partial charge in [0.25, 0.3) is 11.8 Å². The van der Waals surface area contributed by atoms with Crippen LogP contribution in [0.3, 0.4) is 0 Å². The summed E-state index contributed by atoms with van der Waals surface area (Å²) in [6.07, 6.45) is 6.87. The van der Waals surface area contributed by atoms with E-state index < -0.39 is 5.66 Å². The molecule has 0 spiro atoms. The summed E-state index contributed by atoms with van der Waals surface area (Å²) in [5.41, 5.74) is 4.47. The summed E-state index contributed by atoms with van der Waals surface area (Å²) in [4.78, 5) is 35.4. The number of hydrogen-bond acceptors (Lipinski definition) is 5. The monoisotopic (exact) mass is 453 g/mol. The van der Waals surface area contributed by atoms with Crippen molar-refractivity contribution >= 4 is 11.8 Å². The molecule has 4 aromatic rings. The van der Waals surface area contributed by atoms with E-state index in [-0.39, 0.29) is 11.8 Å². The molecule has 1 atom stereocenters. The maximum Gasteiger partial charge on any atom is 0.272 e. The summed E-state index contributed by atoms with van der Waals surface area (Å²) in [5.74, 6) is -0.294. The van der Waals surface area contributed by atoms with E-state index >= 15 is 0 Å². The minimum absolute atomic E-state index is 0.0979. The van der Waals surface area contributed by atoms with Gasteiger partial charge in [-0.25, -0.2) is 0 Å². The van der Waals surface area contributed by atoms with Crippen LogP contribution in [0.25, 0.3) is 11.1 Å². The predicted octanol–water partition coefficient (Wildman–Crippen LogP) is 3.62. The molecular weight excluding hydrogens is 430 g/mol. The van der Waals surface area contributed by atoms with E-state index in [1.165, 1.54) is 6.26 Å². The van der Waals surface area contributed by atoms with Crippen LogP contribution in [0.5, 0.6) is 0 Å². The summed E-state index contributed by atoms with van der Waals surface area (Å²) in [6.45, 7) is 5.06. The van der Waals surface area contributed by atoms with Crippen LogP contribution >= 0.6 is 0 Å². The van der Waals surface area contributed by atoms with Gasteiger partial charge in [0.05, 0.1) is 12.2 Å². The van der Waals surface area contributed by atoms with Crippen LogP contribution in [-0.4, -0.2) is 49.4 Å². The molecule has 170 valence electrons. The molecule has 8 nitrogen and oxygen atoms in total. The van der Waals surface area contributed by atoms with Gasteiger partial charge in [0, 0.05) is 42.8 Å². The number of amides is 2. The normalized spacial score (nSPS) is 19.3. The minimum atomic E-state index is -0.955. The van der Waals surface area contributed by atoms with Crippen molar-refractivity contribution in [3.05, 3.63) is 95.4 Å². The number of carbonyl (C=O) groups is 2. The van der Waals surface area contributed by atoms with Crippen molar-refractivity contribution in [3.8, 4) is 11.1 Å². The Morgan fingerprint density at radius 2 is 1.91 bits per heavy atom. The minimum Gasteiger partial charge on any atom is -0.364 e. The molecule has 5 heterocycles. The van der Waals surface area contributed by atoms with Crippen LogP contribution < -0.4 is 0 Å². The van der Waals surface area contributed by atoms with Gasteiger partial charge in [0.15, 0.2) is 5.66 Å². The second kappa shape index (κ2) is 7.41. The first kappa shape index (κ1) is 20.4. The number of carbonyl (C=O) groups excluding carboxylic acids is 2. The van der Waals surface area contributed by atoms with Crippen LogP contribution in [0.4, 0.5) is 0 Å². The first-order chi connectivity index (χ1) is 16.5. The fourth-order valence-corrected chi connectivity index (χ4v) is 5.18. The van der Waals surface area contributed by atoms with E-state index in [1.54, 1.807) is 24.2 Å². The van der Waals surface area contributed by atoms with E-state index in [4.69, 9.17) is 4.52 Å². The first-order valence-corrected chi connectivity index (χ1v) is 11.2. The molecule has 6 rings (SSSR count). The molecule has 0 N–H and O–H groups in total. The molecule has 3 aromatic heterocycles. The highest BCUT2D eigenvalue weighted by atomic mass is 16.5. The Morgan fingerprint density at radius 1 is 1.09 bits per heavy atom. The maximum absolute atomic E-state index is 13.8. The second-order valence-electron chi connectivity index (χ2n) is 8.89. The van der Waals surface area contributed by atoms with Crippen LogP contribution in [0.15, 0.2) is 71.8 Å². The number of rotatable bonds is 3. The fourth-order valence-electron chi connectivity index (χ4n) is 5.18. The van der Waals surface area contributed by atoms with Crippen molar-refractivity contribution in [2.24, 2.45) is 0 Å². The molecule has 2 aliphatic heterocycles. The third-order valence-electron chi connectivity index (χ3n) is 6.93. The second-order valence-corrected chi connectivity index (χ2v) is 8.89. The topological polar surface area (TPSA) is 84.5 Å². The van der Waals surface area contributed by atoms with E-state index in [9.17, 15) is 9.59 Å². The highest BCUT2D eigenvalue weighted by Crippen LogP contribution is 2.44. The Balaban J connectivity index is 1.52. The number of fused-ring (bicyclic) bond motifs is 2. The van der Waals surface area contributed by atoms with E-state index in [0.717, 1.165) is 22.3 Å². The Bertz CT molecular complexity index is 1410. The SMILES string of the molecule is Cc1ccc(C23Cn4cc(-c5cccnc5)cc4C(=O)N2CCN3C(=O)c2conc2C)cc1. The molecule has 0 radical (unpaired) electrons. The number of benzene rings is 1. The Kier molecular flexibility index (Phi) is 4.45. The Hall–Kier alpha value is -4.20. The Morgan fingerprint density at radius 3 is 2.62 bits per heavy atom. The Labute approximate surface area is 196 Å². The molecule has 1 saturated heterocycles. The predicted molar refractivity (Wildman–Crippen MR) is 124 cm³/mol. The molecule has 2 aliphatic rings. The molecule has 1 unspecified atom stereocenters. The van der Waals surface area contributed by atoms with Gasteiger partial charge >= 0.3 is 0 Å². The quantitative estimate of drug-likeness (QED) is 0.473. The van der Waals surface area contributed by atoms with Crippen molar-refractivity contribution in [1.29, 1.82) is 0 Å². The van der Waals surface area contributed by atoms with Gasteiger partial charge < -0.3 is 18.9 Å². The summed E-state index contributed by atoms with van der Waals surface area (Å²) in [7, 11) is 0. The molecule has 1 aromatic carbocycles. The largest absolute Gasteiger partial charge is 0.364 e. The average Bonchev–Trinajstić information content (AvgIpc) is 3.57. The molecule has 0 bridgehead atoms. The lowest BCUT2D eigenvalue weighted by atomic mass is 9.93. The number of aromatic nitrogens is 3. The van der Waals surface area contributed by atoms with Crippen molar-refractivity contribution in [2.45, 2.75) is 26.1 Å². The third kappa shape index (κ3) is 2.84. The number of pyridine rings is 1. The lowest BCUT2D eigenvalue weighted by Crippen LogP contribution is -2.60. The molecule has 2 amide bonds. The maximum atomic E-state index is 13.8. The number of nitrogens with zero attached hydrogens (tertiary/aromatic N) is 5. The van der Waals surface area contributed by atoms with Crippen LogP contribution in [0.1, 0.15) is 37.7 Å². The first-order valence-electron chi connectivity index (χ1n) is 11.2. The van der Waals surface area contributed by atoms with E-state index in [0.29, 0.717) is 36.6 Å². The van der Waals surface area contributed by atoms with Gasteiger partial charge in [0.2, 0.25) is 0 Å². The average molecular weight is 454 g/mol. The van der Waals surface area contributed by atoms with Crippen molar-refractivity contribution < 1.29 is 14.1 Å². The van der Waals surface area contributed by atoms with E-state index in [2.05, 4.69) is 10.1 Å². The summed E-state index contributed by atoms with van der Waals surface area (Å²) < 4.78 is 7.02. The zero-order valence-corrected chi connectivity index (χ0v) is 18.9. The summed E-state index contributed by atoms with van der Waals surface area (Å²) in [5, 5.41) is 3.89. The summed E-state index contributed by atoms with van der Waals surface area (Å²) in [6, 6.07) is 13.8. The molecular formula is C26H23N5O3. The molecule has 0 saturated carbocycles. The van der Waals surface area contributed by atoms with Crippen LogP contribution in [0, 0.1) is 13.8 Å². The van der Waals surface area contributed by atoms with Crippen molar-refractivity contribution in [2.75, 3.05) is 13.1 Å². The van der Waals surface area contributed by atoms with Gasteiger partial charge in [0.1, 0.15) is 17.5 Å². The molecule has 34 heavy (non-hydrogen) atoms. The third-order valence-corrected chi connectivity index (χ3v) is 6.93. The lowest BCUT2D eigenvalue weighted by molar-refractivity contribution is -0.00596. The van der Waals surface area contributed by atoms with Crippen molar-refractivity contribution in [1.82, 2.24) is 24.5 Å². The molecule has 8 heteroatoms. The smallest absolute Gasteiger partial charge is 0.272 e. The van der Waals surface area contributed by atoms with Gasteiger partial charge in [-0.15, -0.1) is 0 Å². The number of hydrogen-bond donors (Lipinski definition) is 0. The lowest BCUT2D eigenvalue weighted by Gasteiger charge is -2.47. The van der Waals surface area contributed by atoms with Crippen LogP contribution in [0.2, 0.25) is 0 Å². The summed E-state index contributed by atoms with van der Waals surface area (Å²) >= 11 is 0.